The number of anilines is 1. The van der Waals surface area contributed by atoms with E-state index in [1.165, 1.54) is 0 Å². The first kappa shape index (κ1) is 12.8. The van der Waals surface area contributed by atoms with Crippen LogP contribution in [0.5, 0.6) is 5.75 Å². The second-order valence-corrected chi connectivity index (χ2v) is 4.90. The molecule has 0 saturated heterocycles. The van der Waals surface area contributed by atoms with Gasteiger partial charge in [-0.3, -0.25) is 0 Å². The first-order valence-electron chi connectivity index (χ1n) is 6.61. The van der Waals surface area contributed by atoms with Crippen molar-refractivity contribution in [2.75, 3.05) is 19.0 Å². The zero-order valence-corrected chi connectivity index (χ0v) is 11.5. The quantitative estimate of drug-likeness (QED) is 0.914. The summed E-state index contributed by atoms with van der Waals surface area (Å²) < 4.78 is 19.5. The second-order valence-electron chi connectivity index (χ2n) is 4.90. The van der Waals surface area contributed by atoms with Crippen LogP contribution in [0.4, 0.5) is 10.2 Å². The number of nitrogens with one attached hydrogen (secondary N) is 1. The first-order valence-corrected chi connectivity index (χ1v) is 6.61. The number of rotatable bonds is 2. The van der Waals surface area contributed by atoms with Crippen LogP contribution < -0.4 is 10.1 Å². The highest BCUT2D eigenvalue weighted by Crippen LogP contribution is 2.31. The highest BCUT2D eigenvalue weighted by atomic mass is 19.1. The van der Waals surface area contributed by atoms with Crippen LogP contribution in [0.3, 0.4) is 0 Å². The minimum atomic E-state index is -0.395. The van der Waals surface area contributed by atoms with Gasteiger partial charge in [0.25, 0.3) is 0 Å². The Morgan fingerprint density at radius 3 is 2.90 bits per heavy atom. The van der Waals surface area contributed by atoms with Crippen molar-refractivity contribution in [1.82, 2.24) is 9.97 Å². The van der Waals surface area contributed by atoms with Gasteiger partial charge in [0.15, 0.2) is 11.6 Å². The van der Waals surface area contributed by atoms with Gasteiger partial charge in [-0.1, -0.05) is 18.2 Å². The molecule has 1 aliphatic rings. The van der Waals surface area contributed by atoms with Crippen molar-refractivity contribution in [3.8, 4) is 5.75 Å². The van der Waals surface area contributed by atoms with Crippen molar-refractivity contribution in [3.63, 3.8) is 0 Å². The maximum absolute atomic E-state index is 13.8. The molecule has 4 nitrogen and oxygen atoms in total. The van der Waals surface area contributed by atoms with E-state index >= 15 is 0 Å². The zero-order chi connectivity index (χ0) is 14.1. The lowest BCUT2D eigenvalue weighted by Gasteiger charge is -2.24. The van der Waals surface area contributed by atoms with Crippen LogP contribution in [-0.4, -0.2) is 23.6 Å². The van der Waals surface area contributed by atoms with E-state index in [0.717, 1.165) is 17.7 Å². The summed E-state index contributed by atoms with van der Waals surface area (Å²) >= 11 is 0. The Hall–Kier alpha value is -2.17. The lowest BCUT2D eigenvalue weighted by atomic mass is 9.96. The summed E-state index contributed by atoms with van der Waals surface area (Å²) in [4.78, 5) is 8.54. The van der Waals surface area contributed by atoms with Gasteiger partial charge < -0.3 is 10.1 Å². The molecule has 104 valence electrons. The molecule has 1 aliphatic heterocycles. The number of hydrogen-bond donors (Lipinski definition) is 1. The maximum Gasteiger partial charge on any atom is 0.186 e. The zero-order valence-electron chi connectivity index (χ0n) is 11.5. The van der Waals surface area contributed by atoms with Crippen LogP contribution in [0.15, 0.2) is 24.3 Å². The van der Waals surface area contributed by atoms with Crippen LogP contribution in [0.1, 0.15) is 23.0 Å². The molecule has 1 aromatic carbocycles. The minimum absolute atomic E-state index is 0.0521. The number of hydrogen-bond acceptors (Lipinski definition) is 4. The molecular weight excluding hydrogens is 257 g/mol. The van der Waals surface area contributed by atoms with Gasteiger partial charge in [-0.25, -0.2) is 14.4 Å². The molecule has 1 atom stereocenters. The number of benzene rings is 1. The standard InChI is InChI=1S/C15H16FN3O/c1-9-13(16)15(17-2)19-14(18-9)11-7-10-5-3-4-6-12(10)20-8-11/h3-6,11H,7-8H2,1-2H3,(H,17,18,19). The highest BCUT2D eigenvalue weighted by molar-refractivity contribution is 5.40. The van der Waals surface area contributed by atoms with E-state index in [2.05, 4.69) is 15.3 Å². The van der Waals surface area contributed by atoms with E-state index in [1.807, 2.05) is 24.3 Å². The van der Waals surface area contributed by atoms with Gasteiger partial charge in [0.2, 0.25) is 0 Å². The largest absolute Gasteiger partial charge is 0.493 e. The predicted octanol–water partition coefficient (Wildman–Crippen LogP) is 2.68. The fourth-order valence-corrected chi connectivity index (χ4v) is 2.42. The monoisotopic (exact) mass is 273 g/mol. The van der Waals surface area contributed by atoms with Crippen molar-refractivity contribution < 1.29 is 9.13 Å². The third-order valence-corrected chi connectivity index (χ3v) is 3.52. The summed E-state index contributed by atoms with van der Waals surface area (Å²) in [5, 5.41) is 2.77. The molecule has 0 fully saturated rings. The lowest BCUT2D eigenvalue weighted by Crippen LogP contribution is -2.22. The minimum Gasteiger partial charge on any atom is -0.493 e. The van der Waals surface area contributed by atoms with E-state index in [-0.39, 0.29) is 11.7 Å². The molecule has 2 heterocycles. The van der Waals surface area contributed by atoms with Gasteiger partial charge in [0, 0.05) is 7.05 Å². The molecule has 2 aromatic rings. The summed E-state index contributed by atoms with van der Waals surface area (Å²) in [6, 6.07) is 7.94. The number of nitrogens with zero attached hydrogens (tertiary/aromatic N) is 2. The van der Waals surface area contributed by atoms with Gasteiger partial charge in [-0.2, -0.15) is 0 Å². The van der Waals surface area contributed by atoms with Gasteiger partial charge in [0.05, 0.1) is 18.2 Å². The fraction of sp³-hybridized carbons (Fsp3) is 0.333. The summed E-state index contributed by atoms with van der Waals surface area (Å²) in [6.45, 7) is 2.17. The van der Waals surface area contributed by atoms with Crippen LogP contribution >= 0.6 is 0 Å². The third-order valence-electron chi connectivity index (χ3n) is 3.52. The van der Waals surface area contributed by atoms with Crippen LogP contribution in [-0.2, 0) is 6.42 Å². The topological polar surface area (TPSA) is 47.0 Å². The summed E-state index contributed by atoms with van der Waals surface area (Å²) in [5.41, 5.74) is 1.50. The third kappa shape index (κ3) is 2.19. The molecule has 0 bridgehead atoms. The van der Waals surface area contributed by atoms with Crippen LogP contribution in [0.25, 0.3) is 0 Å². The average Bonchev–Trinajstić information content (AvgIpc) is 2.49. The molecule has 0 amide bonds. The van der Waals surface area contributed by atoms with E-state index in [0.29, 0.717) is 18.1 Å². The number of halogens is 1. The van der Waals surface area contributed by atoms with Crippen molar-refractivity contribution in [2.24, 2.45) is 0 Å². The molecule has 0 saturated carbocycles. The molecule has 3 rings (SSSR count). The van der Waals surface area contributed by atoms with Crippen molar-refractivity contribution in [3.05, 3.63) is 47.2 Å². The Morgan fingerprint density at radius 2 is 2.10 bits per heavy atom. The molecular formula is C15H16FN3O. The number of aromatic nitrogens is 2. The Kier molecular flexibility index (Phi) is 3.26. The number of fused-ring (bicyclic) bond motifs is 1. The van der Waals surface area contributed by atoms with Crippen molar-refractivity contribution >= 4 is 5.82 Å². The van der Waals surface area contributed by atoms with Gasteiger partial charge in [-0.15, -0.1) is 0 Å². The first-order chi connectivity index (χ1) is 9.69. The Morgan fingerprint density at radius 1 is 1.30 bits per heavy atom. The highest BCUT2D eigenvalue weighted by Gasteiger charge is 2.25. The van der Waals surface area contributed by atoms with Gasteiger partial charge in [0.1, 0.15) is 11.6 Å². The van der Waals surface area contributed by atoms with Gasteiger partial charge in [-0.05, 0) is 25.0 Å². The van der Waals surface area contributed by atoms with Crippen molar-refractivity contribution in [1.29, 1.82) is 0 Å². The summed E-state index contributed by atoms with van der Waals surface area (Å²) in [6.07, 6.45) is 0.810. The predicted molar refractivity (Wildman–Crippen MR) is 74.7 cm³/mol. The summed E-state index contributed by atoms with van der Waals surface area (Å²) in [7, 11) is 1.65. The molecule has 0 radical (unpaired) electrons. The SMILES string of the molecule is CNc1nc(C2COc3ccccc3C2)nc(C)c1F. The second kappa shape index (κ2) is 5.07. The molecule has 0 spiro atoms. The molecule has 20 heavy (non-hydrogen) atoms. The van der Waals surface area contributed by atoms with E-state index < -0.39 is 5.82 Å². The number of aryl methyl sites for hydroxylation is 1. The van der Waals surface area contributed by atoms with E-state index in [4.69, 9.17) is 4.74 Å². The van der Waals surface area contributed by atoms with E-state index in [9.17, 15) is 4.39 Å². The van der Waals surface area contributed by atoms with Crippen LogP contribution in [0.2, 0.25) is 0 Å². The molecule has 1 aromatic heterocycles. The number of ether oxygens (including phenoxy) is 1. The Labute approximate surface area is 117 Å². The Bertz CT molecular complexity index is 645. The van der Waals surface area contributed by atoms with E-state index in [1.54, 1.807) is 14.0 Å². The maximum atomic E-state index is 13.8. The lowest BCUT2D eigenvalue weighted by molar-refractivity contribution is 0.257. The molecule has 5 heteroatoms. The molecule has 0 aliphatic carbocycles. The normalized spacial score (nSPS) is 17.2. The van der Waals surface area contributed by atoms with Crippen molar-refractivity contribution in [2.45, 2.75) is 19.3 Å². The number of para-hydroxylation sites is 1. The van der Waals surface area contributed by atoms with Gasteiger partial charge >= 0.3 is 0 Å². The fourth-order valence-electron chi connectivity index (χ4n) is 2.42. The summed E-state index contributed by atoms with van der Waals surface area (Å²) in [5.74, 6) is 1.44. The Balaban J connectivity index is 1.93. The molecule has 1 N–H and O–H groups in total. The molecule has 1 unspecified atom stereocenters. The van der Waals surface area contributed by atoms with Crippen LogP contribution in [0, 0.1) is 12.7 Å². The smallest absolute Gasteiger partial charge is 0.186 e. The average molecular weight is 273 g/mol.